The van der Waals surface area contributed by atoms with Gasteiger partial charge in [-0.3, -0.25) is 4.79 Å². The van der Waals surface area contributed by atoms with E-state index in [1.807, 2.05) is 11.0 Å². The summed E-state index contributed by atoms with van der Waals surface area (Å²) in [5, 5.41) is 0. The fourth-order valence-corrected chi connectivity index (χ4v) is 3.96. The first-order valence-corrected chi connectivity index (χ1v) is 10.2. The van der Waals surface area contributed by atoms with E-state index in [0.29, 0.717) is 18.0 Å². The van der Waals surface area contributed by atoms with Crippen LogP contribution >= 0.6 is 0 Å². The molecular weight excluding hydrogens is 362 g/mol. The number of nitrogens with zero attached hydrogens (tertiary/aromatic N) is 3. The van der Waals surface area contributed by atoms with Crippen LogP contribution in [0.3, 0.4) is 0 Å². The van der Waals surface area contributed by atoms with Gasteiger partial charge in [-0.1, -0.05) is 44.2 Å². The number of carbonyl (C=O) groups is 1. The largest absolute Gasteiger partial charge is 0.472 e. The van der Waals surface area contributed by atoms with Crippen LogP contribution in [0.1, 0.15) is 42.7 Å². The Morgan fingerprint density at radius 2 is 1.90 bits per heavy atom. The number of hydrogen-bond donors (Lipinski definition) is 0. The second-order valence-corrected chi connectivity index (χ2v) is 7.93. The molecule has 4 rings (SSSR count). The van der Waals surface area contributed by atoms with Gasteiger partial charge < -0.3 is 14.2 Å². The van der Waals surface area contributed by atoms with Crippen molar-refractivity contribution >= 4 is 11.7 Å². The second-order valence-electron chi connectivity index (χ2n) is 7.93. The van der Waals surface area contributed by atoms with E-state index in [1.54, 1.807) is 12.3 Å². The highest BCUT2D eigenvalue weighted by Gasteiger charge is 2.29. The van der Waals surface area contributed by atoms with Crippen LogP contribution in [-0.2, 0) is 0 Å². The molecule has 1 atom stereocenters. The topological polar surface area (TPSA) is 49.6 Å². The minimum absolute atomic E-state index is 0.0288. The van der Waals surface area contributed by atoms with E-state index in [1.165, 1.54) is 17.4 Å². The molecule has 2 aromatic heterocycles. The lowest BCUT2D eigenvalue weighted by Gasteiger charge is -2.40. The van der Waals surface area contributed by atoms with E-state index < -0.39 is 0 Å². The van der Waals surface area contributed by atoms with Crippen molar-refractivity contribution in [3.63, 3.8) is 0 Å². The van der Waals surface area contributed by atoms with Crippen molar-refractivity contribution in [2.24, 2.45) is 0 Å². The molecular formula is C24H27N3O2. The Balaban J connectivity index is 1.55. The lowest BCUT2D eigenvalue weighted by atomic mass is 9.97. The predicted octanol–water partition coefficient (Wildman–Crippen LogP) is 4.82. The summed E-state index contributed by atoms with van der Waals surface area (Å²) in [5.74, 6) is 1.34. The molecule has 1 aliphatic heterocycles. The molecule has 1 unspecified atom stereocenters. The third-order valence-corrected chi connectivity index (χ3v) is 5.52. The molecule has 1 fully saturated rings. The van der Waals surface area contributed by atoms with Crippen LogP contribution in [0.4, 0.5) is 5.82 Å². The molecule has 0 saturated carbocycles. The number of piperazine rings is 1. The van der Waals surface area contributed by atoms with Crippen LogP contribution in [0.2, 0.25) is 0 Å². The van der Waals surface area contributed by atoms with E-state index in [4.69, 9.17) is 9.40 Å². The fourth-order valence-electron chi connectivity index (χ4n) is 3.96. The third-order valence-electron chi connectivity index (χ3n) is 5.52. The maximum atomic E-state index is 12.7. The summed E-state index contributed by atoms with van der Waals surface area (Å²) >= 11 is 0. The monoisotopic (exact) mass is 389 g/mol. The summed E-state index contributed by atoms with van der Waals surface area (Å²) < 4.78 is 5.07. The highest BCUT2D eigenvalue weighted by molar-refractivity contribution is 5.94. The zero-order valence-corrected chi connectivity index (χ0v) is 17.2. The summed E-state index contributed by atoms with van der Waals surface area (Å²) in [6, 6.07) is 16.5. The van der Waals surface area contributed by atoms with Gasteiger partial charge in [-0.05, 0) is 36.6 Å². The Hall–Kier alpha value is -3.08. The summed E-state index contributed by atoms with van der Waals surface area (Å²) in [7, 11) is 0. The first kappa shape index (κ1) is 19.2. The molecule has 3 aromatic rings. The standard InChI is InChI=1S/C24H27N3O2/c1-17(2)23-21(19-7-5-4-6-8-19)9-10-22(25-23)26-12-13-27(18(3)15-26)24(28)20-11-14-29-16-20/h4-11,14,16-18H,12-13,15H2,1-3H3. The van der Waals surface area contributed by atoms with Crippen molar-refractivity contribution in [1.29, 1.82) is 0 Å². The van der Waals surface area contributed by atoms with E-state index in [0.717, 1.165) is 24.6 Å². The molecule has 5 nitrogen and oxygen atoms in total. The van der Waals surface area contributed by atoms with Crippen LogP contribution in [0.5, 0.6) is 0 Å². The molecule has 1 aromatic carbocycles. The number of aromatic nitrogens is 1. The zero-order valence-electron chi connectivity index (χ0n) is 17.2. The number of furan rings is 1. The van der Waals surface area contributed by atoms with Crippen LogP contribution in [0, 0.1) is 0 Å². The van der Waals surface area contributed by atoms with Gasteiger partial charge in [0.1, 0.15) is 12.1 Å². The van der Waals surface area contributed by atoms with Gasteiger partial charge in [0.05, 0.1) is 17.5 Å². The second kappa shape index (κ2) is 8.11. The van der Waals surface area contributed by atoms with Crippen LogP contribution in [0.15, 0.2) is 65.5 Å². The van der Waals surface area contributed by atoms with E-state index in [2.05, 4.69) is 62.1 Å². The SMILES string of the molecule is CC(C)c1nc(N2CCN(C(=O)c3ccoc3)C(C)C2)ccc1-c1ccccc1. The van der Waals surface area contributed by atoms with Crippen molar-refractivity contribution in [2.75, 3.05) is 24.5 Å². The molecule has 1 amide bonds. The number of amides is 1. The number of anilines is 1. The molecule has 150 valence electrons. The average Bonchev–Trinajstić information content (AvgIpc) is 3.28. The Morgan fingerprint density at radius 3 is 2.55 bits per heavy atom. The highest BCUT2D eigenvalue weighted by Crippen LogP contribution is 2.30. The minimum atomic E-state index is 0.0288. The Morgan fingerprint density at radius 1 is 1.10 bits per heavy atom. The molecule has 0 radical (unpaired) electrons. The third kappa shape index (κ3) is 3.90. The molecule has 0 N–H and O–H groups in total. The Bertz CT molecular complexity index is 967. The zero-order chi connectivity index (χ0) is 20.4. The lowest BCUT2D eigenvalue weighted by molar-refractivity contribution is 0.0673. The van der Waals surface area contributed by atoms with Crippen molar-refractivity contribution in [1.82, 2.24) is 9.88 Å². The van der Waals surface area contributed by atoms with Gasteiger partial charge in [-0.2, -0.15) is 0 Å². The first-order valence-electron chi connectivity index (χ1n) is 10.2. The smallest absolute Gasteiger partial charge is 0.257 e. The lowest BCUT2D eigenvalue weighted by Crippen LogP contribution is -2.54. The van der Waals surface area contributed by atoms with Gasteiger partial charge in [0.2, 0.25) is 0 Å². The normalized spacial score (nSPS) is 17.0. The van der Waals surface area contributed by atoms with Crippen LogP contribution in [-0.4, -0.2) is 41.5 Å². The molecule has 3 heterocycles. The number of pyridine rings is 1. The van der Waals surface area contributed by atoms with Crippen molar-refractivity contribution in [2.45, 2.75) is 32.7 Å². The quantitative estimate of drug-likeness (QED) is 0.642. The number of benzene rings is 1. The van der Waals surface area contributed by atoms with Gasteiger partial charge in [0.15, 0.2) is 0 Å². The molecule has 1 saturated heterocycles. The van der Waals surface area contributed by atoms with Crippen molar-refractivity contribution in [3.05, 3.63) is 72.3 Å². The molecule has 0 spiro atoms. The summed E-state index contributed by atoms with van der Waals surface area (Å²) in [6.45, 7) is 8.66. The molecule has 0 aliphatic carbocycles. The van der Waals surface area contributed by atoms with Crippen molar-refractivity contribution < 1.29 is 9.21 Å². The Kier molecular flexibility index (Phi) is 5.38. The molecule has 0 bridgehead atoms. The number of carbonyl (C=O) groups excluding carboxylic acids is 1. The van der Waals surface area contributed by atoms with Crippen molar-refractivity contribution in [3.8, 4) is 11.1 Å². The van der Waals surface area contributed by atoms with Crippen LogP contribution < -0.4 is 4.90 Å². The molecule has 29 heavy (non-hydrogen) atoms. The number of hydrogen-bond acceptors (Lipinski definition) is 4. The van der Waals surface area contributed by atoms with Gasteiger partial charge in [0.25, 0.3) is 5.91 Å². The minimum Gasteiger partial charge on any atom is -0.472 e. The van der Waals surface area contributed by atoms with Crippen LogP contribution in [0.25, 0.3) is 11.1 Å². The highest BCUT2D eigenvalue weighted by atomic mass is 16.3. The summed E-state index contributed by atoms with van der Waals surface area (Å²) in [4.78, 5) is 21.9. The van der Waals surface area contributed by atoms with E-state index in [-0.39, 0.29) is 11.9 Å². The maximum Gasteiger partial charge on any atom is 0.257 e. The van der Waals surface area contributed by atoms with E-state index >= 15 is 0 Å². The Labute approximate surface area is 172 Å². The fraction of sp³-hybridized carbons (Fsp3) is 0.333. The average molecular weight is 389 g/mol. The summed E-state index contributed by atoms with van der Waals surface area (Å²) in [5.41, 5.74) is 4.10. The molecule has 5 heteroatoms. The maximum absolute atomic E-state index is 12.7. The summed E-state index contributed by atoms with van der Waals surface area (Å²) in [6.07, 6.45) is 3.06. The predicted molar refractivity (Wildman–Crippen MR) is 115 cm³/mol. The van der Waals surface area contributed by atoms with Gasteiger partial charge in [-0.25, -0.2) is 4.98 Å². The van der Waals surface area contributed by atoms with Gasteiger partial charge in [-0.15, -0.1) is 0 Å². The number of rotatable bonds is 4. The molecule has 1 aliphatic rings. The first-order chi connectivity index (χ1) is 14.0. The van der Waals surface area contributed by atoms with E-state index in [9.17, 15) is 4.79 Å². The van der Waals surface area contributed by atoms with Gasteiger partial charge >= 0.3 is 0 Å². The van der Waals surface area contributed by atoms with Gasteiger partial charge in [0, 0.05) is 31.2 Å².